The van der Waals surface area contributed by atoms with Crippen LogP contribution >= 0.6 is 11.6 Å². The molecular formula is C13H18ClNO2. The number of para-hydroxylation sites is 1. The van der Waals surface area contributed by atoms with Crippen LogP contribution in [0.15, 0.2) is 18.2 Å². The van der Waals surface area contributed by atoms with Gasteiger partial charge in [-0.15, -0.1) is 0 Å². The minimum Gasteiger partial charge on any atom is -0.466 e. The first-order valence-electron chi connectivity index (χ1n) is 6.02. The van der Waals surface area contributed by atoms with Crippen molar-refractivity contribution in [3.8, 4) is 5.75 Å². The highest BCUT2D eigenvalue weighted by molar-refractivity contribution is 6.32. The Kier molecular flexibility index (Phi) is 4.66. The fourth-order valence-corrected chi connectivity index (χ4v) is 1.83. The van der Waals surface area contributed by atoms with Gasteiger partial charge in [-0.2, -0.15) is 0 Å². The van der Waals surface area contributed by atoms with Crippen molar-refractivity contribution in [2.75, 3.05) is 13.4 Å². The standard InChI is InChI=1S/C13H18ClNO2/c1-2-16-9-17-13-10(4-3-5-12(13)14)8-15-11-6-7-11/h3-5,11,15H,2,6-9H2,1H3. The molecule has 17 heavy (non-hydrogen) atoms. The average Bonchev–Trinajstić information content (AvgIpc) is 3.13. The Morgan fingerprint density at radius 1 is 1.41 bits per heavy atom. The predicted molar refractivity (Wildman–Crippen MR) is 68.4 cm³/mol. The highest BCUT2D eigenvalue weighted by atomic mass is 35.5. The average molecular weight is 256 g/mol. The molecule has 1 fully saturated rings. The van der Waals surface area contributed by atoms with E-state index in [0.29, 0.717) is 17.7 Å². The Morgan fingerprint density at radius 3 is 2.94 bits per heavy atom. The van der Waals surface area contributed by atoms with Gasteiger partial charge in [0.2, 0.25) is 0 Å². The lowest BCUT2D eigenvalue weighted by atomic mass is 10.2. The zero-order valence-corrected chi connectivity index (χ0v) is 10.8. The van der Waals surface area contributed by atoms with E-state index >= 15 is 0 Å². The van der Waals surface area contributed by atoms with Gasteiger partial charge in [0.05, 0.1) is 5.02 Å². The van der Waals surface area contributed by atoms with Crippen molar-refractivity contribution in [3.05, 3.63) is 28.8 Å². The maximum atomic E-state index is 6.13. The zero-order chi connectivity index (χ0) is 12.1. The summed E-state index contributed by atoms with van der Waals surface area (Å²) in [5.74, 6) is 0.732. The highest BCUT2D eigenvalue weighted by Gasteiger charge is 2.21. The molecule has 4 heteroatoms. The lowest BCUT2D eigenvalue weighted by Crippen LogP contribution is -2.16. The normalized spacial score (nSPS) is 14.9. The third-order valence-electron chi connectivity index (χ3n) is 2.70. The van der Waals surface area contributed by atoms with Gasteiger partial charge in [-0.25, -0.2) is 0 Å². The Bertz CT molecular complexity index is 366. The van der Waals surface area contributed by atoms with Gasteiger partial charge >= 0.3 is 0 Å². The first kappa shape index (κ1) is 12.7. The summed E-state index contributed by atoms with van der Waals surface area (Å²) in [5.41, 5.74) is 1.09. The van der Waals surface area contributed by atoms with Crippen LogP contribution in [-0.2, 0) is 11.3 Å². The summed E-state index contributed by atoms with van der Waals surface area (Å²) in [6.07, 6.45) is 2.55. The van der Waals surface area contributed by atoms with Crippen LogP contribution in [0.4, 0.5) is 0 Å². The maximum absolute atomic E-state index is 6.13. The minimum absolute atomic E-state index is 0.247. The van der Waals surface area contributed by atoms with Crippen molar-refractivity contribution < 1.29 is 9.47 Å². The summed E-state index contributed by atoms with van der Waals surface area (Å²) in [5, 5.41) is 4.09. The molecule has 1 aromatic rings. The number of nitrogens with one attached hydrogen (secondary N) is 1. The van der Waals surface area contributed by atoms with E-state index in [1.54, 1.807) is 0 Å². The smallest absolute Gasteiger partial charge is 0.189 e. The molecular weight excluding hydrogens is 238 g/mol. The van der Waals surface area contributed by atoms with Gasteiger partial charge in [0.25, 0.3) is 0 Å². The molecule has 1 aromatic carbocycles. The van der Waals surface area contributed by atoms with Gasteiger partial charge in [-0.05, 0) is 25.8 Å². The summed E-state index contributed by atoms with van der Waals surface area (Å²) >= 11 is 6.13. The minimum atomic E-state index is 0.247. The molecule has 94 valence electrons. The molecule has 0 unspecified atom stereocenters. The van der Waals surface area contributed by atoms with Crippen LogP contribution in [0.25, 0.3) is 0 Å². The van der Waals surface area contributed by atoms with Gasteiger partial charge < -0.3 is 14.8 Å². The van der Waals surface area contributed by atoms with Crippen molar-refractivity contribution in [1.82, 2.24) is 5.32 Å². The van der Waals surface area contributed by atoms with E-state index < -0.39 is 0 Å². The molecule has 0 aliphatic heterocycles. The molecule has 0 aromatic heterocycles. The molecule has 1 aliphatic carbocycles. The van der Waals surface area contributed by atoms with E-state index in [1.807, 2.05) is 25.1 Å². The highest BCUT2D eigenvalue weighted by Crippen LogP contribution is 2.29. The number of ether oxygens (including phenoxy) is 2. The van der Waals surface area contributed by atoms with Crippen LogP contribution < -0.4 is 10.1 Å². The lowest BCUT2D eigenvalue weighted by Gasteiger charge is -2.13. The van der Waals surface area contributed by atoms with Crippen LogP contribution in [0, 0.1) is 0 Å². The molecule has 1 N–H and O–H groups in total. The number of hydrogen-bond acceptors (Lipinski definition) is 3. The van der Waals surface area contributed by atoms with Crippen molar-refractivity contribution in [2.24, 2.45) is 0 Å². The largest absolute Gasteiger partial charge is 0.466 e. The van der Waals surface area contributed by atoms with Crippen LogP contribution in [0.5, 0.6) is 5.75 Å². The third-order valence-corrected chi connectivity index (χ3v) is 3.00. The predicted octanol–water partition coefficient (Wildman–Crippen LogP) is 2.96. The van der Waals surface area contributed by atoms with E-state index in [2.05, 4.69) is 5.32 Å². The number of hydrogen-bond donors (Lipinski definition) is 1. The van der Waals surface area contributed by atoms with Crippen LogP contribution in [0.2, 0.25) is 5.02 Å². The molecule has 1 saturated carbocycles. The monoisotopic (exact) mass is 255 g/mol. The summed E-state index contributed by atoms with van der Waals surface area (Å²) in [6.45, 7) is 3.62. The molecule has 0 atom stereocenters. The molecule has 0 spiro atoms. The number of benzene rings is 1. The van der Waals surface area contributed by atoms with Gasteiger partial charge in [0.15, 0.2) is 6.79 Å². The first-order chi connectivity index (χ1) is 8.31. The van der Waals surface area contributed by atoms with E-state index in [0.717, 1.165) is 17.9 Å². The summed E-state index contributed by atoms with van der Waals surface area (Å²) in [4.78, 5) is 0. The van der Waals surface area contributed by atoms with E-state index in [9.17, 15) is 0 Å². The van der Waals surface area contributed by atoms with Gasteiger partial charge in [0, 0.05) is 24.8 Å². The lowest BCUT2D eigenvalue weighted by molar-refractivity contribution is 0.0218. The van der Waals surface area contributed by atoms with E-state index in [1.165, 1.54) is 12.8 Å². The molecule has 0 radical (unpaired) electrons. The second-order valence-corrected chi connectivity index (χ2v) is 4.55. The molecule has 3 nitrogen and oxygen atoms in total. The summed E-state index contributed by atoms with van der Waals surface area (Å²) < 4.78 is 10.8. The second kappa shape index (κ2) is 6.24. The summed E-state index contributed by atoms with van der Waals surface area (Å²) in [7, 11) is 0. The van der Waals surface area contributed by atoms with E-state index in [-0.39, 0.29) is 6.79 Å². The van der Waals surface area contributed by atoms with Crippen molar-refractivity contribution in [2.45, 2.75) is 32.4 Å². The van der Waals surface area contributed by atoms with Crippen LogP contribution in [0.3, 0.4) is 0 Å². The van der Waals surface area contributed by atoms with Gasteiger partial charge in [-0.3, -0.25) is 0 Å². The Hall–Kier alpha value is -0.770. The molecule has 0 saturated heterocycles. The SMILES string of the molecule is CCOCOc1c(Cl)cccc1CNC1CC1. The van der Waals surface area contributed by atoms with Gasteiger partial charge in [-0.1, -0.05) is 23.7 Å². The third kappa shape index (κ3) is 3.87. The van der Waals surface area contributed by atoms with Crippen molar-refractivity contribution in [3.63, 3.8) is 0 Å². The zero-order valence-electron chi connectivity index (χ0n) is 10.0. The molecule has 0 amide bonds. The molecule has 1 aliphatic rings. The molecule has 0 bridgehead atoms. The van der Waals surface area contributed by atoms with Crippen LogP contribution in [0.1, 0.15) is 25.3 Å². The summed E-state index contributed by atoms with van der Waals surface area (Å²) in [6, 6.07) is 6.49. The topological polar surface area (TPSA) is 30.5 Å². The first-order valence-corrected chi connectivity index (χ1v) is 6.40. The maximum Gasteiger partial charge on any atom is 0.189 e. The Labute approximate surface area is 107 Å². The van der Waals surface area contributed by atoms with Crippen molar-refractivity contribution >= 4 is 11.6 Å². The Morgan fingerprint density at radius 2 is 2.24 bits per heavy atom. The fraction of sp³-hybridized carbons (Fsp3) is 0.538. The van der Waals surface area contributed by atoms with Crippen LogP contribution in [-0.4, -0.2) is 19.4 Å². The van der Waals surface area contributed by atoms with Crippen molar-refractivity contribution in [1.29, 1.82) is 0 Å². The van der Waals surface area contributed by atoms with Gasteiger partial charge in [0.1, 0.15) is 5.75 Å². The quantitative estimate of drug-likeness (QED) is 0.600. The molecule has 0 heterocycles. The Balaban J connectivity index is 1.98. The number of rotatable bonds is 7. The second-order valence-electron chi connectivity index (χ2n) is 4.14. The molecule has 2 rings (SSSR count). The number of halogens is 1. The fourth-order valence-electron chi connectivity index (χ4n) is 1.58. The van der Waals surface area contributed by atoms with E-state index in [4.69, 9.17) is 21.1 Å².